The van der Waals surface area contributed by atoms with Gasteiger partial charge in [-0.3, -0.25) is 0 Å². The number of nitrogens with two attached hydrogens (primary N) is 1. The first kappa shape index (κ1) is 24.1. The Morgan fingerprint density at radius 2 is 1.97 bits per heavy atom. The van der Waals surface area contributed by atoms with Crippen LogP contribution < -0.4 is 11.1 Å². The molecule has 0 saturated heterocycles. The number of hydrogen-bond acceptors (Lipinski definition) is 5. The van der Waals surface area contributed by atoms with Gasteiger partial charge in [-0.05, 0) is 48.8 Å². The Bertz CT molecular complexity index is 985. The summed E-state index contributed by atoms with van der Waals surface area (Å²) >= 11 is 0. The van der Waals surface area contributed by atoms with E-state index in [1.165, 1.54) is 5.57 Å². The second-order valence-corrected chi connectivity index (χ2v) is 8.16. The van der Waals surface area contributed by atoms with Crippen LogP contribution in [0.15, 0.2) is 72.9 Å². The monoisotopic (exact) mass is 418 g/mol. The van der Waals surface area contributed by atoms with Gasteiger partial charge in [0.2, 0.25) is 0 Å². The topological polar surface area (TPSA) is 73.1 Å². The lowest BCUT2D eigenvalue weighted by molar-refractivity contribution is 0.224. The number of allylic oxidation sites excluding steroid dienone is 3. The van der Waals surface area contributed by atoms with E-state index in [4.69, 9.17) is 10.5 Å². The van der Waals surface area contributed by atoms with Crippen LogP contribution in [0.25, 0.3) is 17.0 Å². The molecule has 0 aliphatic rings. The van der Waals surface area contributed by atoms with E-state index in [0.717, 1.165) is 33.8 Å². The first-order valence-electron chi connectivity index (χ1n) is 10.3. The second kappa shape index (κ2) is 10.7. The van der Waals surface area contributed by atoms with Crippen molar-refractivity contribution in [3.05, 3.63) is 84.0 Å². The highest BCUT2D eigenvalue weighted by atomic mass is 16.5. The molecule has 3 N–H and O–H groups in total. The molecule has 5 heteroatoms. The van der Waals surface area contributed by atoms with Crippen molar-refractivity contribution in [3.8, 4) is 11.3 Å². The maximum Gasteiger partial charge on any atom is 0.148 e. The van der Waals surface area contributed by atoms with Crippen LogP contribution in [0.1, 0.15) is 31.9 Å². The number of methoxy groups -OCH3 is 1. The molecule has 164 valence electrons. The van der Waals surface area contributed by atoms with E-state index in [1.54, 1.807) is 7.11 Å². The van der Waals surface area contributed by atoms with Crippen molar-refractivity contribution >= 4 is 11.5 Å². The van der Waals surface area contributed by atoms with Gasteiger partial charge >= 0.3 is 0 Å². The summed E-state index contributed by atoms with van der Waals surface area (Å²) < 4.78 is 5.37. The highest BCUT2D eigenvalue weighted by Gasteiger charge is 2.25. The molecule has 1 heterocycles. The molecule has 1 aromatic heterocycles. The average Bonchev–Trinajstić information content (AvgIpc) is 2.75. The molecule has 0 spiro atoms. The Morgan fingerprint density at radius 1 is 1.23 bits per heavy atom. The van der Waals surface area contributed by atoms with Gasteiger partial charge in [0.05, 0.1) is 12.3 Å². The van der Waals surface area contributed by atoms with Crippen LogP contribution >= 0.6 is 0 Å². The van der Waals surface area contributed by atoms with Crippen LogP contribution in [-0.2, 0) is 4.74 Å². The molecular weight excluding hydrogens is 384 g/mol. The fraction of sp³-hybridized carbons (Fsp3) is 0.308. The fourth-order valence-corrected chi connectivity index (χ4v) is 3.47. The molecule has 1 aromatic carbocycles. The summed E-state index contributed by atoms with van der Waals surface area (Å²) in [6.45, 7) is 17.4. The highest BCUT2D eigenvalue weighted by molar-refractivity contribution is 5.70. The first-order valence-corrected chi connectivity index (χ1v) is 10.3. The number of rotatable bonds is 10. The Labute approximate surface area is 186 Å². The zero-order chi connectivity index (χ0) is 23.0. The summed E-state index contributed by atoms with van der Waals surface area (Å²) in [4.78, 5) is 0. The third-order valence-corrected chi connectivity index (χ3v) is 5.26. The van der Waals surface area contributed by atoms with E-state index in [-0.39, 0.29) is 5.41 Å². The Kier molecular flexibility index (Phi) is 8.34. The Morgan fingerprint density at radius 3 is 2.52 bits per heavy atom. The maximum atomic E-state index is 5.90. The van der Waals surface area contributed by atoms with Crippen molar-refractivity contribution < 1.29 is 4.74 Å². The summed E-state index contributed by atoms with van der Waals surface area (Å²) in [7, 11) is 1.71. The van der Waals surface area contributed by atoms with Gasteiger partial charge in [-0.25, -0.2) is 0 Å². The van der Waals surface area contributed by atoms with E-state index in [0.29, 0.717) is 18.8 Å². The number of hydrogen-bond donors (Lipinski definition) is 2. The predicted molar refractivity (Wildman–Crippen MR) is 132 cm³/mol. The molecule has 0 bridgehead atoms. The smallest absolute Gasteiger partial charge is 0.148 e. The summed E-state index contributed by atoms with van der Waals surface area (Å²) in [6, 6.07) is 9.93. The molecule has 0 aliphatic heterocycles. The minimum Gasteiger partial charge on any atom is -0.399 e. The maximum absolute atomic E-state index is 5.90. The number of nitrogens with zero attached hydrogens (tertiary/aromatic N) is 2. The molecule has 2 rings (SSSR count). The third-order valence-electron chi connectivity index (χ3n) is 5.26. The van der Waals surface area contributed by atoms with Gasteiger partial charge in [-0.1, -0.05) is 57.4 Å². The summed E-state index contributed by atoms with van der Waals surface area (Å²) in [5.74, 6) is 0.721. The molecule has 0 saturated carbocycles. The standard InChI is InChI=1S/C26H34N4O/c1-8-10-23(20(9-2)16-31-7)26(5,6)17-28-25-14-13-24(29-30-25)21-12-11-18(3)22(15-21)19(4)27/h8-15H,1,4,16-17,27H2,2-3,5-7H3,(H,28,30)/b20-9-,23-10+. The zero-order valence-corrected chi connectivity index (χ0v) is 19.3. The molecule has 0 amide bonds. The van der Waals surface area contributed by atoms with Crippen molar-refractivity contribution in [3.63, 3.8) is 0 Å². The number of ether oxygens (including phenoxy) is 1. The van der Waals surface area contributed by atoms with Gasteiger partial charge < -0.3 is 15.8 Å². The molecule has 31 heavy (non-hydrogen) atoms. The summed E-state index contributed by atoms with van der Waals surface area (Å²) in [5, 5.41) is 12.2. The van der Waals surface area contributed by atoms with E-state index >= 15 is 0 Å². The van der Waals surface area contributed by atoms with Gasteiger partial charge in [-0.2, -0.15) is 0 Å². The van der Waals surface area contributed by atoms with Gasteiger partial charge in [0.25, 0.3) is 0 Å². The average molecular weight is 419 g/mol. The number of nitrogens with one attached hydrogen (secondary N) is 1. The van der Waals surface area contributed by atoms with Crippen molar-refractivity contribution in [1.29, 1.82) is 0 Å². The molecule has 0 aliphatic carbocycles. The van der Waals surface area contributed by atoms with Crippen LogP contribution in [0, 0.1) is 12.3 Å². The van der Waals surface area contributed by atoms with Crippen LogP contribution in [0.5, 0.6) is 0 Å². The SMILES string of the molecule is C=C/C=C(\C(=C/C)COC)C(C)(C)CNc1ccc(-c2ccc(C)c(C(=C)N)c2)nn1. The van der Waals surface area contributed by atoms with Gasteiger partial charge in [0, 0.05) is 35.9 Å². The van der Waals surface area contributed by atoms with Crippen LogP contribution in [0.3, 0.4) is 0 Å². The van der Waals surface area contributed by atoms with Crippen molar-refractivity contribution in [1.82, 2.24) is 10.2 Å². The van der Waals surface area contributed by atoms with E-state index in [1.807, 2.05) is 56.3 Å². The minimum absolute atomic E-state index is 0.164. The predicted octanol–water partition coefficient (Wildman–Crippen LogP) is 5.52. The van der Waals surface area contributed by atoms with Crippen molar-refractivity contribution in [2.45, 2.75) is 27.7 Å². The van der Waals surface area contributed by atoms with E-state index in [2.05, 4.69) is 48.6 Å². The lowest BCUT2D eigenvalue weighted by Crippen LogP contribution is -2.27. The lowest BCUT2D eigenvalue weighted by atomic mass is 9.79. The van der Waals surface area contributed by atoms with E-state index in [9.17, 15) is 0 Å². The zero-order valence-electron chi connectivity index (χ0n) is 19.3. The third kappa shape index (κ3) is 6.15. The normalized spacial score (nSPS) is 12.5. The van der Waals surface area contributed by atoms with Gasteiger partial charge in [0.1, 0.15) is 5.82 Å². The van der Waals surface area contributed by atoms with Crippen molar-refractivity contribution in [2.75, 3.05) is 25.6 Å². The van der Waals surface area contributed by atoms with E-state index < -0.39 is 0 Å². The Balaban J connectivity index is 2.18. The summed E-state index contributed by atoms with van der Waals surface area (Å²) in [6.07, 6.45) is 5.95. The molecule has 0 fully saturated rings. The first-order chi connectivity index (χ1) is 14.7. The van der Waals surface area contributed by atoms with Crippen LogP contribution in [0.4, 0.5) is 5.82 Å². The number of anilines is 1. The molecule has 0 radical (unpaired) electrons. The highest BCUT2D eigenvalue weighted by Crippen LogP contribution is 2.32. The molecular formula is C26H34N4O. The van der Waals surface area contributed by atoms with Gasteiger partial charge in [0.15, 0.2) is 0 Å². The molecule has 0 unspecified atom stereocenters. The molecule has 0 atom stereocenters. The Hall–Kier alpha value is -3.18. The lowest BCUT2D eigenvalue weighted by Gasteiger charge is -2.30. The van der Waals surface area contributed by atoms with Crippen molar-refractivity contribution in [2.24, 2.45) is 11.1 Å². The fourth-order valence-electron chi connectivity index (χ4n) is 3.47. The number of aryl methyl sites for hydroxylation is 1. The number of benzene rings is 1. The van der Waals surface area contributed by atoms with Gasteiger partial charge in [-0.15, -0.1) is 10.2 Å². The quantitative estimate of drug-likeness (QED) is 0.497. The van der Waals surface area contributed by atoms with Crippen LogP contribution in [-0.4, -0.2) is 30.5 Å². The largest absolute Gasteiger partial charge is 0.399 e. The molecule has 5 nitrogen and oxygen atoms in total. The van der Waals surface area contributed by atoms with Crippen LogP contribution in [0.2, 0.25) is 0 Å². The summed E-state index contributed by atoms with van der Waals surface area (Å²) in [5.41, 5.74) is 12.4. The number of aromatic nitrogens is 2. The second-order valence-electron chi connectivity index (χ2n) is 8.16. The molecule has 2 aromatic rings. The minimum atomic E-state index is -0.164.